The van der Waals surface area contributed by atoms with E-state index in [1.165, 1.54) is 0 Å². The summed E-state index contributed by atoms with van der Waals surface area (Å²) in [5, 5.41) is 37.0. The van der Waals surface area contributed by atoms with E-state index >= 15 is 0 Å². The minimum absolute atomic E-state index is 0.00457. The molecule has 1 aromatic rings. The molecule has 2 amide bonds. The lowest BCUT2D eigenvalue weighted by molar-refractivity contribution is -0.174. The number of hydrogen-bond donors (Lipinski definition) is 5. The molecule has 0 heterocycles. The quantitative estimate of drug-likeness (QED) is 0.221. The molecule has 9 heteroatoms. The molecule has 0 spiro atoms. The summed E-state index contributed by atoms with van der Waals surface area (Å²) < 4.78 is 5.12. The number of aliphatic carboxylic acids is 1. The summed E-state index contributed by atoms with van der Waals surface area (Å²) >= 11 is 0. The number of nitrogens with one attached hydrogen (secondary N) is 2. The molecule has 45 heavy (non-hydrogen) atoms. The average Bonchev–Trinajstić information content (AvgIpc) is 3.36. The Kier molecular flexibility index (Phi) is 10.2. The number of carboxylic acid groups (broad SMARTS) is 1. The second kappa shape index (κ2) is 13.6. The number of ether oxygens (including phenoxy) is 1. The Bertz CT molecular complexity index is 1220. The van der Waals surface area contributed by atoms with E-state index in [0.29, 0.717) is 53.4 Å². The largest absolute Gasteiger partial charge is 0.497 e. The monoisotopic (exact) mass is 626 g/mol. The number of aliphatic hydroxyl groups is 2. The Labute approximate surface area is 267 Å². The van der Waals surface area contributed by atoms with Crippen molar-refractivity contribution in [3.05, 3.63) is 24.3 Å². The van der Waals surface area contributed by atoms with Crippen molar-refractivity contribution < 1.29 is 34.4 Å². The van der Waals surface area contributed by atoms with Crippen LogP contribution in [0, 0.1) is 46.3 Å². The molecule has 0 bridgehead atoms. The molecule has 5 N–H and O–H groups in total. The fourth-order valence-corrected chi connectivity index (χ4v) is 10.4. The van der Waals surface area contributed by atoms with Gasteiger partial charge in [-0.2, -0.15) is 0 Å². The Morgan fingerprint density at radius 1 is 0.911 bits per heavy atom. The van der Waals surface area contributed by atoms with Crippen LogP contribution in [0.15, 0.2) is 24.3 Å². The first kappa shape index (κ1) is 33.7. The lowest BCUT2D eigenvalue weighted by Gasteiger charge is -2.62. The number of hydrogen-bond acceptors (Lipinski definition) is 6. The van der Waals surface area contributed by atoms with Gasteiger partial charge in [0, 0.05) is 18.5 Å². The summed E-state index contributed by atoms with van der Waals surface area (Å²) in [6.45, 7) is 7.08. The third-order valence-electron chi connectivity index (χ3n) is 12.9. The van der Waals surface area contributed by atoms with Gasteiger partial charge in [-0.25, -0.2) is 4.79 Å². The molecule has 1 aromatic carbocycles. The van der Waals surface area contributed by atoms with Crippen molar-refractivity contribution in [2.24, 2.45) is 46.3 Å². The van der Waals surface area contributed by atoms with E-state index in [-0.39, 0.29) is 54.1 Å². The van der Waals surface area contributed by atoms with Crippen molar-refractivity contribution in [1.82, 2.24) is 5.32 Å². The SMILES string of the molecule is COc1ccc(NC(=O)CC[C@H](NC(=O)CC[C@@H](C)[C@H]2CC[C@H]3[C@@H]4[C@H](O)C[C@H]5C[C@H](O)CC[C@]5(C)[C@H]4CC[C@]23C)C(=O)O)cc1. The number of methoxy groups -OCH3 is 1. The van der Waals surface area contributed by atoms with Crippen molar-refractivity contribution in [2.75, 3.05) is 12.4 Å². The molecule has 11 atom stereocenters. The van der Waals surface area contributed by atoms with E-state index < -0.39 is 12.0 Å². The van der Waals surface area contributed by atoms with E-state index in [4.69, 9.17) is 4.74 Å². The third kappa shape index (κ3) is 6.90. The number of carboxylic acids is 1. The standard InChI is InChI=1S/C36H54N2O7/c1-21(5-13-32(42)38-29(34(43)44)12-14-31(41)37-23-6-8-25(45-4)9-7-23)26-10-11-27-33-28(16-18-36(26,27)3)35(2)17-15-24(39)19-22(35)20-30(33)40/h6-9,21-22,24,26-30,33,39-40H,5,10-20H2,1-4H3,(H,37,41)(H,38,42)(H,43,44)/t21-,22-,24-,26-,27+,28+,29+,30-,33+,35+,36-/m1/s1. The topological polar surface area (TPSA) is 145 Å². The zero-order valence-corrected chi connectivity index (χ0v) is 27.5. The highest BCUT2D eigenvalue weighted by atomic mass is 16.5. The highest BCUT2D eigenvalue weighted by Crippen LogP contribution is 2.68. The second-order valence-electron chi connectivity index (χ2n) is 15.2. The number of carbonyl (C=O) groups excluding carboxylic acids is 2. The van der Waals surface area contributed by atoms with Crippen molar-refractivity contribution in [3.63, 3.8) is 0 Å². The number of amides is 2. The first-order valence-corrected chi connectivity index (χ1v) is 17.2. The van der Waals surface area contributed by atoms with Crippen LogP contribution in [0.4, 0.5) is 5.69 Å². The van der Waals surface area contributed by atoms with E-state index in [9.17, 15) is 29.7 Å². The highest BCUT2D eigenvalue weighted by Gasteiger charge is 2.62. The maximum Gasteiger partial charge on any atom is 0.326 e. The van der Waals surface area contributed by atoms with Crippen LogP contribution in [0.5, 0.6) is 5.75 Å². The van der Waals surface area contributed by atoms with E-state index in [1.807, 2.05) is 0 Å². The van der Waals surface area contributed by atoms with Gasteiger partial charge in [0.2, 0.25) is 11.8 Å². The molecule has 4 fully saturated rings. The molecule has 4 aliphatic rings. The molecule has 0 radical (unpaired) electrons. The number of aliphatic hydroxyl groups excluding tert-OH is 2. The normalized spacial score (nSPS) is 36.9. The van der Waals surface area contributed by atoms with Gasteiger partial charge < -0.3 is 30.7 Å². The lowest BCUT2D eigenvalue weighted by Crippen LogP contribution is -2.58. The Morgan fingerprint density at radius 3 is 2.27 bits per heavy atom. The van der Waals surface area contributed by atoms with Crippen molar-refractivity contribution in [3.8, 4) is 5.75 Å². The van der Waals surface area contributed by atoms with Crippen LogP contribution >= 0.6 is 0 Å². The fraction of sp³-hybridized carbons (Fsp3) is 0.750. The van der Waals surface area contributed by atoms with Crippen LogP contribution in [-0.4, -0.2) is 58.5 Å². The van der Waals surface area contributed by atoms with Gasteiger partial charge >= 0.3 is 5.97 Å². The van der Waals surface area contributed by atoms with Crippen LogP contribution in [0.2, 0.25) is 0 Å². The number of benzene rings is 1. The van der Waals surface area contributed by atoms with Crippen molar-refractivity contribution in [1.29, 1.82) is 0 Å². The minimum atomic E-state index is -1.15. The van der Waals surface area contributed by atoms with Crippen molar-refractivity contribution >= 4 is 23.5 Å². The summed E-state index contributed by atoms with van der Waals surface area (Å²) in [6.07, 6.45) is 8.36. The summed E-state index contributed by atoms with van der Waals surface area (Å²) in [5.41, 5.74) is 0.909. The van der Waals surface area contributed by atoms with Gasteiger partial charge in [0.15, 0.2) is 0 Å². The van der Waals surface area contributed by atoms with Crippen LogP contribution in [0.25, 0.3) is 0 Å². The van der Waals surface area contributed by atoms with Crippen LogP contribution in [0.3, 0.4) is 0 Å². The first-order valence-electron chi connectivity index (χ1n) is 17.2. The predicted octanol–water partition coefficient (Wildman–Crippen LogP) is 5.39. The molecule has 0 aromatic heterocycles. The minimum Gasteiger partial charge on any atom is -0.497 e. The molecule has 4 saturated carbocycles. The molecule has 5 rings (SSSR count). The Hall–Kier alpha value is -2.65. The van der Waals surface area contributed by atoms with Crippen LogP contribution in [-0.2, 0) is 14.4 Å². The number of anilines is 1. The Morgan fingerprint density at radius 2 is 1.58 bits per heavy atom. The Balaban J connectivity index is 1.12. The summed E-state index contributed by atoms with van der Waals surface area (Å²) in [6, 6.07) is 5.75. The average molecular weight is 627 g/mol. The number of rotatable bonds is 11. The van der Waals surface area contributed by atoms with E-state index in [1.54, 1.807) is 31.4 Å². The van der Waals surface area contributed by atoms with Crippen LogP contribution in [0.1, 0.15) is 97.8 Å². The van der Waals surface area contributed by atoms with Crippen molar-refractivity contribution in [2.45, 2.75) is 116 Å². The van der Waals surface area contributed by atoms with Gasteiger partial charge in [0.25, 0.3) is 0 Å². The predicted molar refractivity (Wildman–Crippen MR) is 171 cm³/mol. The molecule has 0 saturated heterocycles. The lowest BCUT2D eigenvalue weighted by atomic mass is 9.43. The summed E-state index contributed by atoms with van der Waals surface area (Å²) in [4.78, 5) is 37.2. The van der Waals surface area contributed by atoms with Gasteiger partial charge in [-0.15, -0.1) is 0 Å². The highest BCUT2D eigenvalue weighted by molar-refractivity contribution is 5.91. The molecule has 250 valence electrons. The maximum atomic E-state index is 12.9. The second-order valence-corrected chi connectivity index (χ2v) is 15.2. The van der Waals surface area contributed by atoms with Gasteiger partial charge in [0.1, 0.15) is 11.8 Å². The first-order chi connectivity index (χ1) is 21.4. The fourth-order valence-electron chi connectivity index (χ4n) is 10.4. The third-order valence-corrected chi connectivity index (χ3v) is 12.9. The molecular formula is C36H54N2O7. The van der Waals surface area contributed by atoms with Gasteiger partial charge in [-0.1, -0.05) is 20.8 Å². The number of carbonyl (C=O) groups is 3. The van der Waals surface area contributed by atoms with E-state index in [0.717, 1.165) is 51.4 Å². The summed E-state index contributed by atoms with van der Waals surface area (Å²) in [7, 11) is 1.56. The maximum absolute atomic E-state index is 12.9. The van der Waals surface area contributed by atoms with Gasteiger partial charge in [-0.3, -0.25) is 9.59 Å². The number of fused-ring (bicyclic) bond motifs is 5. The molecule has 4 aliphatic carbocycles. The molecule has 0 unspecified atom stereocenters. The molecule has 9 nitrogen and oxygen atoms in total. The molecule has 0 aliphatic heterocycles. The van der Waals surface area contributed by atoms with Gasteiger partial charge in [-0.05, 0) is 135 Å². The zero-order chi connectivity index (χ0) is 32.5. The van der Waals surface area contributed by atoms with Gasteiger partial charge in [0.05, 0.1) is 19.3 Å². The molecular weight excluding hydrogens is 572 g/mol. The summed E-state index contributed by atoms with van der Waals surface area (Å²) in [5.74, 6) is 1.34. The van der Waals surface area contributed by atoms with E-state index in [2.05, 4.69) is 31.4 Å². The zero-order valence-electron chi connectivity index (χ0n) is 27.5. The van der Waals surface area contributed by atoms with Crippen LogP contribution < -0.4 is 15.4 Å². The smallest absolute Gasteiger partial charge is 0.326 e.